The molecule has 0 aliphatic heterocycles. The van der Waals surface area contributed by atoms with Gasteiger partial charge in [0.05, 0.1) is 6.26 Å². The first kappa shape index (κ1) is 13.2. The second kappa shape index (κ2) is 6.66. The van der Waals surface area contributed by atoms with Crippen molar-refractivity contribution in [3.05, 3.63) is 46.0 Å². The molecule has 0 aliphatic rings. The van der Waals surface area contributed by atoms with Gasteiger partial charge in [0.25, 0.3) is 5.91 Å². The number of aryl methyl sites for hydroxylation is 1. The van der Waals surface area contributed by atoms with E-state index in [2.05, 4.69) is 22.1 Å². The zero-order chi connectivity index (χ0) is 12.8. The lowest BCUT2D eigenvalue weighted by Gasteiger charge is -2.03. The first-order valence-electron chi connectivity index (χ1n) is 5.68. The summed E-state index contributed by atoms with van der Waals surface area (Å²) in [7, 11) is 0. The average Bonchev–Trinajstić information content (AvgIpc) is 2.99. The van der Waals surface area contributed by atoms with Gasteiger partial charge < -0.3 is 9.73 Å². The molecular formula is C13H15NO2S2. The summed E-state index contributed by atoms with van der Waals surface area (Å²) in [6.45, 7) is 2.53. The van der Waals surface area contributed by atoms with Crippen molar-refractivity contribution in [3.63, 3.8) is 0 Å². The summed E-state index contributed by atoms with van der Waals surface area (Å²) in [5, 5.41) is 7.09. The van der Waals surface area contributed by atoms with E-state index in [9.17, 15) is 4.79 Å². The summed E-state index contributed by atoms with van der Waals surface area (Å²) in [4.78, 5) is 11.7. The van der Waals surface area contributed by atoms with Crippen LogP contribution in [0.4, 0.5) is 0 Å². The number of thiophene rings is 1. The van der Waals surface area contributed by atoms with Crippen molar-refractivity contribution in [2.75, 3.05) is 12.3 Å². The van der Waals surface area contributed by atoms with E-state index < -0.39 is 0 Å². The molecule has 0 saturated heterocycles. The van der Waals surface area contributed by atoms with E-state index >= 15 is 0 Å². The predicted molar refractivity (Wildman–Crippen MR) is 76.3 cm³/mol. The van der Waals surface area contributed by atoms with Crippen LogP contribution in [0.15, 0.2) is 33.6 Å². The number of amides is 1. The van der Waals surface area contributed by atoms with Crippen LogP contribution in [0.5, 0.6) is 0 Å². The van der Waals surface area contributed by atoms with Crippen LogP contribution in [0, 0.1) is 6.92 Å². The van der Waals surface area contributed by atoms with Gasteiger partial charge in [-0.2, -0.15) is 23.1 Å². The molecule has 1 amide bonds. The van der Waals surface area contributed by atoms with Gasteiger partial charge in [-0.15, -0.1) is 0 Å². The topological polar surface area (TPSA) is 42.2 Å². The average molecular weight is 281 g/mol. The normalized spacial score (nSPS) is 10.5. The third-order valence-electron chi connectivity index (χ3n) is 2.45. The molecule has 18 heavy (non-hydrogen) atoms. The van der Waals surface area contributed by atoms with Crippen LogP contribution < -0.4 is 5.32 Å². The minimum Gasteiger partial charge on any atom is -0.459 e. The number of rotatable bonds is 6. The highest BCUT2D eigenvalue weighted by Gasteiger charge is 2.11. The number of carbonyl (C=O) groups is 1. The first-order chi connectivity index (χ1) is 8.77. The summed E-state index contributed by atoms with van der Waals surface area (Å²) in [5.41, 5.74) is 2.22. The van der Waals surface area contributed by atoms with Gasteiger partial charge in [-0.05, 0) is 35.4 Å². The predicted octanol–water partition coefficient (Wildman–Crippen LogP) is 3.31. The Hall–Kier alpha value is -1.20. The van der Waals surface area contributed by atoms with Gasteiger partial charge in [-0.3, -0.25) is 4.79 Å². The molecule has 5 heteroatoms. The zero-order valence-corrected chi connectivity index (χ0v) is 11.8. The highest BCUT2D eigenvalue weighted by atomic mass is 32.2. The first-order valence-corrected chi connectivity index (χ1v) is 7.78. The Morgan fingerprint density at radius 1 is 1.50 bits per heavy atom. The SMILES string of the molecule is Cc1ccoc1C(=O)NCCSCc1ccsc1. The van der Waals surface area contributed by atoms with Gasteiger partial charge in [0.1, 0.15) is 0 Å². The molecule has 1 N–H and O–H groups in total. The van der Waals surface area contributed by atoms with Crippen LogP contribution in [0.1, 0.15) is 21.7 Å². The molecule has 0 saturated carbocycles. The fourth-order valence-electron chi connectivity index (χ4n) is 1.49. The van der Waals surface area contributed by atoms with Crippen LogP contribution in [0.3, 0.4) is 0 Å². The van der Waals surface area contributed by atoms with Crippen LogP contribution >= 0.6 is 23.1 Å². The van der Waals surface area contributed by atoms with Gasteiger partial charge in [0.2, 0.25) is 0 Å². The molecule has 0 spiro atoms. The fourth-order valence-corrected chi connectivity index (χ4v) is 3.07. The van der Waals surface area contributed by atoms with Crippen molar-refractivity contribution in [2.45, 2.75) is 12.7 Å². The van der Waals surface area contributed by atoms with Crippen LogP contribution in [-0.4, -0.2) is 18.2 Å². The van der Waals surface area contributed by atoms with E-state index in [4.69, 9.17) is 4.42 Å². The van der Waals surface area contributed by atoms with Gasteiger partial charge in [0, 0.05) is 23.6 Å². The Bertz CT molecular complexity index is 491. The maximum atomic E-state index is 11.7. The second-order valence-corrected chi connectivity index (χ2v) is 5.76. The van der Waals surface area contributed by atoms with Crippen molar-refractivity contribution in [1.29, 1.82) is 0 Å². The number of hydrogen-bond donors (Lipinski definition) is 1. The Labute approximate surface area is 115 Å². The van der Waals surface area contributed by atoms with Gasteiger partial charge >= 0.3 is 0 Å². The van der Waals surface area contributed by atoms with Crippen molar-refractivity contribution in [1.82, 2.24) is 5.32 Å². The zero-order valence-electron chi connectivity index (χ0n) is 10.1. The highest BCUT2D eigenvalue weighted by Crippen LogP contribution is 2.14. The van der Waals surface area contributed by atoms with Crippen molar-refractivity contribution in [2.24, 2.45) is 0 Å². The van der Waals surface area contributed by atoms with Gasteiger partial charge in [-0.25, -0.2) is 0 Å². The molecule has 2 aromatic rings. The number of carbonyl (C=O) groups excluding carboxylic acids is 1. The van der Waals surface area contributed by atoms with E-state index in [1.807, 2.05) is 18.7 Å². The molecule has 2 rings (SSSR count). The lowest BCUT2D eigenvalue weighted by atomic mass is 10.3. The van der Waals surface area contributed by atoms with Gasteiger partial charge in [-0.1, -0.05) is 0 Å². The number of nitrogens with one attached hydrogen (secondary N) is 1. The smallest absolute Gasteiger partial charge is 0.287 e. The molecule has 0 bridgehead atoms. The minimum atomic E-state index is -0.131. The van der Waals surface area contributed by atoms with E-state index in [1.54, 1.807) is 17.4 Å². The maximum Gasteiger partial charge on any atom is 0.287 e. The molecule has 0 unspecified atom stereocenters. The summed E-state index contributed by atoms with van der Waals surface area (Å²) in [6, 6.07) is 3.92. The lowest BCUT2D eigenvalue weighted by molar-refractivity contribution is 0.0927. The monoisotopic (exact) mass is 281 g/mol. The highest BCUT2D eigenvalue weighted by molar-refractivity contribution is 7.98. The molecule has 0 fully saturated rings. The lowest BCUT2D eigenvalue weighted by Crippen LogP contribution is -2.25. The van der Waals surface area contributed by atoms with E-state index in [0.717, 1.165) is 17.1 Å². The summed E-state index contributed by atoms with van der Waals surface area (Å²) in [6.07, 6.45) is 1.54. The van der Waals surface area contributed by atoms with Crippen LogP contribution in [-0.2, 0) is 5.75 Å². The Kier molecular flexibility index (Phi) is 4.90. The quantitative estimate of drug-likeness (QED) is 0.826. The minimum absolute atomic E-state index is 0.131. The van der Waals surface area contributed by atoms with Crippen molar-refractivity contribution < 1.29 is 9.21 Å². The molecule has 0 aliphatic carbocycles. The summed E-state index contributed by atoms with van der Waals surface area (Å²) >= 11 is 3.53. The molecule has 96 valence electrons. The van der Waals surface area contributed by atoms with Crippen LogP contribution in [0.25, 0.3) is 0 Å². The van der Waals surface area contributed by atoms with Crippen molar-refractivity contribution in [3.8, 4) is 0 Å². The third kappa shape index (κ3) is 3.65. The fraction of sp³-hybridized carbons (Fsp3) is 0.308. The van der Waals surface area contributed by atoms with E-state index in [-0.39, 0.29) is 5.91 Å². The van der Waals surface area contributed by atoms with E-state index in [1.165, 1.54) is 11.8 Å². The van der Waals surface area contributed by atoms with E-state index in [0.29, 0.717) is 12.3 Å². The largest absolute Gasteiger partial charge is 0.459 e. The van der Waals surface area contributed by atoms with Crippen LogP contribution in [0.2, 0.25) is 0 Å². The number of furan rings is 1. The number of thioether (sulfide) groups is 1. The molecular weight excluding hydrogens is 266 g/mol. The Balaban J connectivity index is 1.64. The molecule has 0 aromatic carbocycles. The number of hydrogen-bond acceptors (Lipinski definition) is 4. The Morgan fingerprint density at radius 2 is 2.39 bits per heavy atom. The summed E-state index contributed by atoms with van der Waals surface area (Å²) < 4.78 is 5.12. The molecule has 2 heterocycles. The molecule has 3 nitrogen and oxygen atoms in total. The molecule has 0 radical (unpaired) electrons. The van der Waals surface area contributed by atoms with Gasteiger partial charge in [0.15, 0.2) is 5.76 Å². The molecule has 0 atom stereocenters. The standard InChI is InChI=1S/C13H15NO2S2/c1-10-2-5-16-12(10)13(15)14-4-7-18-9-11-3-6-17-8-11/h2-3,5-6,8H,4,7,9H2,1H3,(H,14,15). The second-order valence-electron chi connectivity index (χ2n) is 3.87. The third-order valence-corrected chi connectivity index (χ3v) is 4.21. The summed E-state index contributed by atoms with van der Waals surface area (Å²) in [5.74, 6) is 2.19. The Morgan fingerprint density at radius 3 is 3.06 bits per heavy atom. The van der Waals surface area contributed by atoms with Crippen molar-refractivity contribution >= 4 is 29.0 Å². The maximum absolute atomic E-state index is 11.7. The molecule has 2 aromatic heterocycles.